The van der Waals surface area contributed by atoms with Crippen molar-refractivity contribution in [3.8, 4) is 0 Å². The Balaban J connectivity index is 2.77. The largest absolute Gasteiger partial charge is 0.399 e. The Hall–Kier alpha value is -1.55. The summed E-state index contributed by atoms with van der Waals surface area (Å²) in [6.07, 6.45) is 0.328. The fourth-order valence-electron chi connectivity index (χ4n) is 1.43. The maximum Gasteiger partial charge on any atom is 0.229 e. The second-order valence-electron chi connectivity index (χ2n) is 4.69. The molecule has 1 aromatic carbocycles. The van der Waals surface area contributed by atoms with Crippen LogP contribution in [0.15, 0.2) is 24.3 Å². The molecule has 1 rings (SSSR count). The number of nitrogens with two attached hydrogens (primary N) is 1. The zero-order chi connectivity index (χ0) is 13.1. The third kappa shape index (κ3) is 3.75. The molecule has 0 aliphatic heterocycles. The quantitative estimate of drug-likeness (QED) is 0.814. The highest BCUT2D eigenvalue weighted by molar-refractivity contribution is 5.93. The molecular formula is C13H20N2O2. The number of carbonyl (C=O) groups is 1. The van der Waals surface area contributed by atoms with Gasteiger partial charge in [0.25, 0.3) is 0 Å². The van der Waals surface area contributed by atoms with E-state index < -0.39 is 5.60 Å². The lowest BCUT2D eigenvalue weighted by Crippen LogP contribution is -2.35. The highest BCUT2D eigenvalue weighted by Crippen LogP contribution is 2.20. The van der Waals surface area contributed by atoms with Gasteiger partial charge in [0.1, 0.15) is 0 Å². The van der Waals surface area contributed by atoms with Gasteiger partial charge < -0.3 is 15.4 Å². The molecule has 94 valence electrons. The maximum absolute atomic E-state index is 12.0. The van der Waals surface area contributed by atoms with Gasteiger partial charge in [0, 0.05) is 25.5 Å². The molecule has 17 heavy (non-hydrogen) atoms. The van der Waals surface area contributed by atoms with Crippen LogP contribution in [0.3, 0.4) is 0 Å². The Labute approximate surface area is 102 Å². The molecule has 0 heterocycles. The van der Waals surface area contributed by atoms with Gasteiger partial charge >= 0.3 is 0 Å². The Morgan fingerprint density at radius 3 is 2.65 bits per heavy atom. The molecule has 0 radical (unpaired) electrons. The lowest BCUT2D eigenvalue weighted by Gasteiger charge is -2.25. The molecule has 1 aromatic rings. The highest BCUT2D eigenvalue weighted by atomic mass is 16.5. The van der Waals surface area contributed by atoms with E-state index in [9.17, 15) is 4.79 Å². The Bertz CT molecular complexity index is 402. The summed E-state index contributed by atoms with van der Waals surface area (Å²) >= 11 is 0. The van der Waals surface area contributed by atoms with Gasteiger partial charge in [0.05, 0.1) is 12.0 Å². The molecule has 0 spiro atoms. The van der Waals surface area contributed by atoms with Gasteiger partial charge in [0.15, 0.2) is 0 Å². The SMILES string of the molecule is COC(C)(C)CC(=O)N(C)c1cccc(N)c1. The molecular weight excluding hydrogens is 216 g/mol. The number of nitrogens with zero attached hydrogens (tertiary/aromatic N) is 1. The summed E-state index contributed by atoms with van der Waals surface area (Å²) in [5.74, 6) is 0.00227. The standard InChI is InChI=1S/C13H20N2O2/c1-13(2,17-4)9-12(16)15(3)11-7-5-6-10(14)8-11/h5-8H,9,14H2,1-4H3. The molecule has 0 bridgehead atoms. The van der Waals surface area contributed by atoms with Crippen molar-refractivity contribution in [3.05, 3.63) is 24.3 Å². The fourth-order valence-corrected chi connectivity index (χ4v) is 1.43. The molecule has 0 aliphatic carbocycles. The minimum atomic E-state index is -0.453. The minimum absolute atomic E-state index is 0.00227. The van der Waals surface area contributed by atoms with Gasteiger partial charge in [0.2, 0.25) is 5.91 Å². The van der Waals surface area contributed by atoms with Crippen LogP contribution in [-0.4, -0.2) is 25.7 Å². The Morgan fingerprint density at radius 1 is 1.47 bits per heavy atom. The van der Waals surface area contributed by atoms with Crippen molar-refractivity contribution in [1.82, 2.24) is 0 Å². The van der Waals surface area contributed by atoms with E-state index in [-0.39, 0.29) is 5.91 Å². The van der Waals surface area contributed by atoms with Crippen molar-refractivity contribution in [3.63, 3.8) is 0 Å². The van der Waals surface area contributed by atoms with Crippen molar-refractivity contribution < 1.29 is 9.53 Å². The van der Waals surface area contributed by atoms with E-state index in [0.29, 0.717) is 12.1 Å². The van der Waals surface area contributed by atoms with Crippen molar-refractivity contribution in [2.75, 3.05) is 24.8 Å². The average molecular weight is 236 g/mol. The molecule has 0 unspecified atom stereocenters. The molecule has 0 aliphatic rings. The first-order chi connectivity index (χ1) is 7.85. The summed E-state index contributed by atoms with van der Waals surface area (Å²) in [7, 11) is 3.34. The predicted molar refractivity (Wildman–Crippen MR) is 70.0 cm³/mol. The summed E-state index contributed by atoms with van der Waals surface area (Å²) in [5.41, 5.74) is 6.67. The van der Waals surface area contributed by atoms with Crippen LogP contribution >= 0.6 is 0 Å². The van der Waals surface area contributed by atoms with Crippen LogP contribution in [0.1, 0.15) is 20.3 Å². The van der Waals surface area contributed by atoms with E-state index in [1.54, 1.807) is 31.2 Å². The summed E-state index contributed by atoms with van der Waals surface area (Å²) in [5, 5.41) is 0. The van der Waals surface area contributed by atoms with E-state index >= 15 is 0 Å². The molecule has 1 amide bonds. The lowest BCUT2D eigenvalue weighted by molar-refractivity contribution is -0.123. The first kappa shape index (κ1) is 13.5. The normalized spacial score (nSPS) is 11.3. The smallest absolute Gasteiger partial charge is 0.229 e. The summed E-state index contributed by atoms with van der Waals surface area (Å²) in [6.45, 7) is 3.77. The number of benzene rings is 1. The van der Waals surface area contributed by atoms with E-state index in [0.717, 1.165) is 5.69 Å². The number of amides is 1. The van der Waals surface area contributed by atoms with Gasteiger partial charge in [-0.25, -0.2) is 0 Å². The van der Waals surface area contributed by atoms with Crippen LogP contribution in [0.5, 0.6) is 0 Å². The van der Waals surface area contributed by atoms with Gasteiger partial charge in [-0.2, -0.15) is 0 Å². The average Bonchev–Trinajstić information content (AvgIpc) is 2.27. The number of hydrogen-bond donors (Lipinski definition) is 1. The number of rotatable bonds is 4. The molecule has 4 heteroatoms. The monoisotopic (exact) mass is 236 g/mol. The third-order valence-electron chi connectivity index (χ3n) is 2.76. The van der Waals surface area contributed by atoms with Crippen LogP contribution in [0.2, 0.25) is 0 Å². The van der Waals surface area contributed by atoms with Crippen LogP contribution < -0.4 is 10.6 Å². The lowest BCUT2D eigenvalue weighted by atomic mass is 10.0. The summed E-state index contributed by atoms with van der Waals surface area (Å²) in [6, 6.07) is 7.25. The summed E-state index contributed by atoms with van der Waals surface area (Å²) in [4.78, 5) is 13.6. The number of nitrogen functional groups attached to an aromatic ring is 1. The second-order valence-corrected chi connectivity index (χ2v) is 4.69. The highest BCUT2D eigenvalue weighted by Gasteiger charge is 2.23. The third-order valence-corrected chi connectivity index (χ3v) is 2.76. The van der Waals surface area contributed by atoms with Gasteiger partial charge in [-0.05, 0) is 32.0 Å². The molecule has 0 atom stereocenters. The molecule has 0 saturated carbocycles. The number of ether oxygens (including phenoxy) is 1. The summed E-state index contributed by atoms with van der Waals surface area (Å²) < 4.78 is 5.25. The second kappa shape index (κ2) is 5.19. The topological polar surface area (TPSA) is 55.6 Å². The minimum Gasteiger partial charge on any atom is -0.399 e. The molecule has 4 nitrogen and oxygen atoms in total. The van der Waals surface area contributed by atoms with E-state index in [4.69, 9.17) is 10.5 Å². The van der Waals surface area contributed by atoms with Crippen molar-refractivity contribution >= 4 is 17.3 Å². The van der Waals surface area contributed by atoms with Crippen LogP contribution in [0, 0.1) is 0 Å². The van der Waals surface area contributed by atoms with Gasteiger partial charge in [-0.3, -0.25) is 4.79 Å². The van der Waals surface area contributed by atoms with Crippen molar-refractivity contribution in [2.45, 2.75) is 25.9 Å². The number of methoxy groups -OCH3 is 1. The van der Waals surface area contributed by atoms with Crippen LogP contribution in [0.4, 0.5) is 11.4 Å². The molecule has 0 aromatic heterocycles. The van der Waals surface area contributed by atoms with Crippen molar-refractivity contribution in [2.24, 2.45) is 0 Å². The first-order valence-corrected chi connectivity index (χ1v) is 5.53. The van der Waals surface area contributed by atoms with E-state index in [1.807, 2.05) is 26.0 Å². The van der Waals surface area contributed by atoms with Crippen molar-refractivity contribution in [1.29, 1.82) is 0 Å². The Morgan fingerprint density at radius 2 is 2.12 bits per heavy atom. The molecule has 0 fully saturated rings. The Kier molecular flexibility index (Phi) is 4.12. The van der Waals surface area contributed by atoms with Crippen LogP contribution in [-0.2, 0) is 9.53 Å². The van der Waals surface area contributed by atoms with E-state index in [2.05, 4.69) is 0 Å². The number of anilines is 2. The zero-order valence-electron chi connectivity index (χ0n) is 10.9. The van der Waals surface area contributed by atoms with Gasteiger partial charge in [-0.15, -0.1) is 0 Å². The first-order valence-electron chi connectivity index (χ1n) is 5.53. The fraction of sp³-hybridized carbons (Fsp3) is 0.462. The van der Waals surface area contributed by atoms with Gasteiger partial charge in [-0.1, -0.05) is 6.07 Å². The predicted octanol–water partition coefficient (Wildman–Crippen LogP) is 2.05. The zero-order valence-corrected chi connectivity index (χ0v) is 10.9. The number of carbonyl (C=O) groups excluding carboxylic acids is 1. The molecule has 0 saturated heterocycles. The number of hydrogen-bond acceptors (Lipinski definition) is 3. The van der Waals surface area contributed by atoms with Crippen LogP contribution in [0.25, 0.3) is 0 Å². The maximum atomic E-state index is 12.0. The van der Waals surface area contributed by atoms with E-state index in [1.165, 1.54) is 0 Å². The molecule has 2 N–H and O–H groups in total.